The summed E-state index contributed by atoms with van der Waals surface area (Å²) in [5.41, 5.74) is 2.44. The van der Waals surface area contributed by atoms with E-state index in [1.54, 1.807) is 0 Å². The highest BCUT2D eigenvalue weighted by molar-refractivity contribution is 6.05. The summed E-state index contributed by atoms with van der Waals surface area (Å²) in [5.74, 6) is -0.632. The summed E-state index contributed by atoms with van der Waals surface area (Å²) in [5, 5.41) is 0. The van der Waals surface area contributed by atoms with Crippen LogP contribution in [0.1, 0.15) is 47.4 Å². The number of ketones is 1. The molecule has 0 aromatic carbocycles. The van der Waals surface area contributed by atoms with Gasteiger partial charge in [-0.15, -0.1) is 0 Å². The number of aromatic nitrogens is 1. The molecule has 1 aromatic heterocycles. The molecule has 0 aliphatic carbocycles. The predicted molar refractivity (Wildman–Crippen MR) is 74.4 cm³/mol. The van der Waals surface area contributed by atoms with Crippen LogP contribution in [0.4, 0.5) is 0 Å². The Balaban J connectivity index is 2.19. The van der Waals surface area contributed by atoms with Gasteiger partial charge >= 0.3 is 0 Å². The molecule has 20 heavy (non-hydrogen) atoms. The molecule has 5 nitrogen and oxygen atoms in total. The van der Waals surface area contributed by atoms with Gasteiger partial charge in [0.1, 0.15) is 0 Å². The van der Waals surface area contributed by atoms with E-state index >= 15 is 0 Å². The van der Waals surface area contributed by atoms with Crippen molar-refractivity contribution in [2.45, 2.75) is 39.5 Å². The summed E-state index contributed by atoms with van der Waals surface area (Å²) in [6.45, 7) is 3.65. The van der Waals surface area contributed by atoms with Gasteiger partial charge in [-0.1, -0.05) is 0 Å². The molecule has 0 bridgehead atoms. The van der Waals surface area contributed by atoms with Crippen molar-refractivity contribution in [3.8, 4) is 0 Å². The molecule has 1 fully saturated rings. The minimum absolute atomic E-state index is 0.137. The SMILES string of the molecule is Cc1cc(C(=O)CN2C(=O)CCCCC2=O)c(C)n1C. The highest BCUT2D eigenvalue weighted by Gasteiger charge is 2.27. The van der Waals surface area contributed by atoms with Crippen molar-refractivity contribution >= 4 is 17.6 Å². The fourth-order valence-electron chi connectivity index (χ4n) is 2.50. The standard InChI is InChI=1S/C15H20N2O3/c1-10-8-12(11(2)16(10)3)13(18)9-17-14(19)6-4-5-7-15(17)20/h8H,4-7,9H2,1-3H3. The molecule has 2 rings (SSSR count). The molecule has 1 aromatic rings. The molecule has 1 aliphatic heterocycles. The zero-order valence-corrected chi connectivity index (χ0v) is 12.2. The van der Waals surface area contributed by atoms with Crippen molar-refractivity contribution in [3.63, 3.8) is 0 Å². The lowest BCUT2D eigenvalue weighted by Gasteiger charge is -2.17. The molecule has 0 N–H and O–H groups in total. The maximum atomic E-state index is 12.3. The third kappa shape index (κ3) is 2.66. The largest absolute Gasteiger partial charge is 0.351 e. The number of carbonyl (C=O) groups excluding carboxylic acids is 3. The van der Waals surface area contributed by atoms with Crippen molar-refractivity contribution in [1.82, 2.24) is 9.47 Å². The summed E-state index contributed by atoms with van der Waals surface area (Å²) in [6.07, 6.45) is 2.15. The van der Waals surface area contributed by atoms with Crippen LogP contribution in [0.3, 0.4) is 0 Å². The molecular formula is C15H20N2O3. The predicted octanol–water partition coefficient (Wildman–Crippen LogP) is 1.75. The van der Waals surface area contributed by atoms with Gasteiger partial charge < -0.3 is 4.57 Å². The Bertz CT molecular complexity index is 554. The highest BCUT2D eigenvalue weighted by Crippen LogP contribution is 2.17. The Kier molecular flexibility index (Phi) is 4.06. The fourth-order valence-corrected chi connectivity index (χ4v) is 2.50. The molecule has 108 valence electrons. The Hall–Kier alpha value is -1.91. The number of carbonyl (C=O) groups is 3. The van der Waals surface area contributed by atoms with Crippen LogP contribution in [-0.4, -0.2) is 33.6 Å². The number of hydrogen-bond donors (Lipinski definition) is 0. The van der Waals surface area contributed by atoms with Crippen LogP contribution in [0, 0.1) is 13.8 Å². The average molecular weight is 276 g/mol. The Labute approximate surface area is 118 Å². The summed E-state index contributed by atoms with van der Waals surface area (Å²) in [6, 6.07) is 1.81. The van der Waals surface area contributed by atoms with Gasteiger partial charge in [0.15, 0.2) is 5.78 Å². The maximum Gasteiger partial charge on any atom is 0.229 e. The van der Waals surface area contributed by atoms with Crippen molar-refractivity contribution in [3.05, 3.63) is 23.0 Å². The molecule has 2 heterocycles. The van der Waals surface area contributed by atoms with E-state index in [2.05, 4.69) is 0 Å². The molecule has 1 saturated heterocycles. The Morgan fingerprint density at radius 3 is 2.15 bits per heavy atom. The molecule has 1 aliphatic rings. The van der Waals surface area contributed by atoms with Crippen LogP contribution in [-0.2, 0) is 16.6 Å². The second-order valence-corrected chi connectivity index (χ2v) is 5.35. The van der Waals surface area contributed by atoms with E-state index in [4.69, 9.17) is 0 Å². The minimum atomic E-state index is -0.230. The van der Waals surface area contributed by atoms with Gasteiger partial charge in [-0.3, -0.25) is 19.3 Å². The van der Waals surface area contributed by atoms with Gasteiger partial charge in [0, 0.05) is 36.8 Å². The van der Waals surface area contributed by atoms with Gasteiger partial charge in [-0.05, 0) is 32.8 Å². The summed E-state index contributed by atoms with van der Waals surface area (Å²) in [7, 11) is 1.89. The van der Waals surface area contributed by atoms with Crippen molar-refractivity contribution in [2.75, 3.05) is 6.54 Å². The van der Waals surface area contributed by atoms with Gasteiger partial charge in [0.25, 0.3) is 0 Å². The molecule has 0 spiro atoms. The zero-order chi connectivity index (χ0) is 14.9. The van der Waals surface area contributed by atoms with E-state index in [9.17, 15) is 14.4 Å². The van der Waals surface area contributed by atoms with Crippen LogP contribution < -0.4 is 0 Å². The fraction of sp³-hybridized carbons (Fsp3) is 0.533. The van der Waals surface area contributed by atoms with Gasteiger partial charge in [-0.2, -0.15) is 0 Å². The first-order chi connectivity index (χ1) is 9.41. The Morgan fingerprint density at radius 1 is 1.15 bits per heavy atom. The van der Waals surface area contributed by atoms with Crippen LogP contribution in [0.5, 0.6) is 0 Å². The normalized spacial score (nSPS) is 16.4. The lowest BCUT2D eigenvalue weighted by atomic mass is 10.1. The topological polar surface area (TPSA) is 59.4 Å². The third-order valence-electron chi connectivity index (χ3n) is 4.01. The second-order valence-electron chi connectivity index (χ2n) is 5.35. The lowest BCUT2D eigenvalue weighted by molar-refractivity contribution is -0.143. The zero-order valence-electron chi connectivity index (χ0n) is 12.2. The third-order valence-corrected chi connectivity index (χ3v) is 4.01. The molecule has 0 radical (unpaired) electrons. The van der Waals surface area contributed by atoms with Crippen molar-refractivity contribution in [2.24, 2.45) is 7.05 Å². The number of amides is 2. The average Bonchev–Trinajstić information content (AvgIpc) is 2.57. The van der Waals surface area contributed by atoms with E-state index in [1.165, 1.54) is 0 Å². The monoisotopic (exact) mass is 276 g/mol. The van der Waals surface area contributed by atoms with Gasteiger partial charge in [-0.25, -0.2) is 0 Å². The quantitative estimate of drug-likeness (QED) is 0.624. The summed E-state index contributed by atoms with van der Waals surface area (Å²) < 4.78 is 1.93. The lowest BCUT2D eigenvalue weighted by Crippen LogP contribution is -2.39. The number of nitrogens with zero attached hydrogens (tertiary/aromatic N) is 2. The minimum Gasteiger partial charge on any atom is -0.351 e. The van der Waals surface area contributed by atoms with Crippen LogP contribution in [0.15, 0.2) is 6.07 Å². The molecule has 2 amide bonds. The van der Waals surface area contributed by atoms with Crippen LogP contribution in [0.25, 0.3) is 0 Å². The first-order valence-electron chi connectivity index (χ1n) is 6.91. The Morgan fingerprint density at radius 2 is 1.70 bits per heavy atom. The van der Waals surface area contributed by atoms with Gasteiger partial charge in [0.05, 0.1) is 6.54 Å². The number of Topliss-reactive ketones (excluding diaryl/α,β-unsaturated/α-hetero) is 1. The van der Waals surface area contributed by atoms with Crippen molar-refractivity contribution in [1.29, 1.82) is 0 Å². The van der Waals surface area contributed by atoms with E-state index in [1.807, 2.05) is 31.5 Å². The number of likely N-dealkylation sites (tertiary alicyclic amines) is 1. The summed E-state index contributed by atoms with van der Waals surface area (Å²) in [4.78, 5) is 37.3. The van der Waals surface area contributed by atoms with Gasteiger partial charge in [0.2, 0.25) is 11.8 Å². The molecule has 0 atom stereocenters. The van der Waals surface area contributed by atoms with Crippen LogP contribution in [0.2, 0.25) is 0 Å². The van der Waals surface area contributed by atoms with Crippen molar-refractivity contribution < 1.29 is 14.4 Å². The first kappa shape index (κ1) is 14.5. The molecular weight excluding hydrogens is 256 g/mol. The number of aryl methyl sites for hydroxylation is 1. The number of hydrogen-bond acceptors (Lipinski definition) is 3. The maximum absolute atomic E-state index is 12.3. The molecule has 0 saturated carbocycles. The number of rotatable bonds is 3. The molecule has 5 heteroatoms. The number of imide groups is 1. The van der Waals surface area contributed by atoms with Crippen LogP contribution >= 0.6 is 0 Å². The first-order valence-corrected chi connectivity index (χ1v) is 6.91. The van der Waals surface area contributed by atoms with E-state index < -0.39 is 0 Å². The second kappa shape index (κ2) is 5.61. The highest BCUT2D eigenvalue weighted by atomic mass is 16.2. The smallest absolute Gasteiger partial charge is 0.229 e. The van der Waals surface area contributed by atoms with E-state index in [0.717, 1.165) is 29.1 Å². The molecule has 0 unspecified atom stereocenters. The summed E-state index contributed by atoms with van der Waals surface area (Å²) >= 11 is 0. The van der Waals surface area contributed by atoms with E-state index in [-0.39, 0.29) is 24.1 Å². The van der Waals surface area contributed by atoms with E-state index in [0.29, 0.717) is 18.4 Å².